The highest BCUT2D eigenvalue weighted by atomic mass is 32.2. The number of amides is 1. The largest absolute Gasteiger partial charge is 0.471 e. The summed E-state index contributed by atoms with van der Waals surface area (Å²) in [7, 11) is -4.41. The molecule has 0 spiro atoms. The minimum atomic E-state index is -4.99. The van der Waals surface area contributed by atoms with Crippen LogP contribution in [0.15, 0.2) is 58.3 Å². The average Bonchev–Trinajstić information content (AvgIpc) is 2.68. The number of carbonyl (C=O) groups excluding carboxylic acids is 1. The number of carbonyl (C=O) groups is 1. The number of hydrogen-bond donors (Lipinski definition) is 4. The lowest BCUT2D eigenvalue weighted by molar-refractivity contribution is -0.167. The van der Waals surface area contributed by atoms with E-state index < -0.39 is 32.1 Å². The van der Waals surface area contributed by atoms with E-state index in [0.717, 1.165) is 24.3 Å². The van der Waals surface area contributed by atoms with Crippen LogP contribution in [0.1, 0.15) is 14.9 Å². The molecule has 2 aromatic carbocycles. The minimum Gasteiger partial charge on any atom is -0.399 e. The molecular weight excluding hydrogens is 473 g/mol. The topological polar surface area (TPSA) is 147 Å². The van der Waals surface area contributed by atoms with Crippen molar-refractivity contribution in [2.45, 2.75) is 30.8 Å². The van der Waals surface area contributed by atoms with Crippen LogP contribution in [0, 0.1) is 0 Å². The number of halogens is 3. The van der Waals surface area contributed by atoms with Gasteiger partial charge in [-0.05, 0) is 62.6 Å². The summed E-state index contributed by atoms with van der Waals surface area (Å²) in [6.45, 7) is 0. The second-order valence-electron chi connectivity index (χ2n) is 5.46. The van der Waals surface area contributed by atoms with Gasteiger partial charge in [0.15, 0.2) is 0 Å². The Balaban J connectivity index is 0. The third kappa shape index (κ3) is 9.21. The number of benzene rings is 2. The molecule has 2 rings (SSSR count). The Morgan fingerprint density at radius 1 is 0.781 bits per heavy atom. The Labute approximate surface area is 186 Å². The van der Waals surface area contributed by atoms with Gasteiger partial charge in [0.05, 0.1) is 9.79 Å². The van der Waals surface area contributed by atoms with E-state index in [4.69, 9.17) is 5.73 Å². The van der Waals surface area contributed by atoms with Gasteiger partial charge in [-0.25, -0.2) is 26.3 Å². The highest BCUT2D eigenvalue weighted by Gasteiger charge is 2.38. The molecule has 0 aliphatic rings. The number of nitrogen functional groups attached to an aromatic ring is 1. The number of nitrogens with two attached hydrogens (primary N) is 1. The molecule has 0 aliphatic carbocycles. The zero-order valence-corrected chi connectivity index (χ0v) is 17.3. The van der Waals surface area contributed by atoms with Gasteiger partial charge in [0, 0.05) is 11.4 Å². The van der Waals surface area contributed by atoms with Crippen molar-refractivity contribution in [1.82, 2.24) is 9.44 Å². The molecule has 9 nitrogen and oxygen atoms in total. The van der Waals surface area contributed by atoms with Gasteiger partial charge in [-0.3, -0.25) is 4.79 Å². The van der Waals surface area contributed by atoms with E-state index >= 15 is 0 Å². The quantitative estimate of drug-likeness (QED) is 0.464. The van der Waals surface area contributed by atoms with Crippen LogP contribution in [-0.4, -0.2) is 43.0 Å². The first-order valence-corrected chi connectivity index (χ1v) is 10.9. The van der Waals surface area contributed by atoms with Crippen LogP contribution < -0.4 is 20.5 Å². The second kappa shape index (κ2) is 12.4. The molecule has 0 radical (unpaired) electrons. The standard InChI is InChI=1S/C9H9F3N2O3S.C7H10N2O2S.2CH4/c1-13-18(16,17)7-4-2-6(3-5-7)14-8(15)9(10,11)12;1-9-12(10,11)7-4-2-6(8)3-5-7;;/h2-5,13H,1H3,(H,14,15);2-5,9H,8H2,1H3;2*1H4. The minimum absolute atomic E-state index is 0. The Bertz CT molecular complexity index is 1070. The summed E-state index contributed by atoms with van der Waals surface area (Å²) < 4.78 is 85.0. The molecule has 1 amide bonds. The number of rotatable bonds is 5. The smallest absolute Gasteiger partial charge is 0.399 e. The normalized spacial score (nSPS) is 11.2. The monoisotopic (exact) mass is 500 g/mol. The third-order valence-corrected chi connectivity index (χ3v) is 6.27. The fraction of sp³-hybridized carbons (Fsp3) is 0.278. The number of alkyl halides is 3. The summed E-state index contributed by atoms with van der Waals surface area (Å²) in [6.07, 6.45) is -4.99. The molecule has 0 saturated carbocycles. The lowest BCUT2D eigenvalue weighted by atomic mass is 10.3. The number of nitrogens with one attached hydrogen (secondary N) is 3. The Hall–Kier alpha value is -2.68. The van der Waals surface area contributed by atoms with E-state index in [1.807, 2.05) is 4.72 Å². The molecular formula is C18H27F3N4O5S2. The van der Waals surface area contributed by atoms with Crippen molar-refractivity contribution in [3.63, 3.8) is 0 Å². The van der Waals surface area contributed by atoms with E-state index in [1.54, 1.807) is 17.4 Å². The van der Waals surface area contributed by atoms with Crippen molar-refractivity contribution in [2.24, 2.45) is 0 Å². The van der Waals surface area contributed by atoms with Crippen molar-refractivity contribution in [2.75, 3.05) is 25.1 Å². The summed E-state index contributed by atoms with van der Waals surface area (Å²) in [6, 6.07) is 10.3. The highest BCUT2D eigenvalue weighted by molar-refractivity contribution is 7.89. The van der Waals surface area contributed by atoms with Gasteiger partial charge in [-0.15, -0.1) is 0 Å². The first-order chi connectivity index (χ1) is 13.7. The zero-order valence-electron chi connectivity index (χ0n) is 15.7. The fourth-order valence-electron chi connectivity index (χ4n) is 1.80. The molecule has 182 valence electrons. The molecule has 32 heavy (non-hydrogen) atoms. The SMILES string of the molecule is C.C.CNS(=O)(=O)c1ccc(N)cc1.CNS(=O)(=O)c1ccc(NC(=O)C(F)(F)F)cc1. The molecule has 0 aromatic heterocycles. The first kappa shape index (κ1) is 31.5. The Morgan fingerprint density at radius 3 is 1.44 bits per heavy atom. The summed E-state index contributed by atoms with van der Waals surface area (Å²) in [5.41, 5.74) is 5.80. The Kier molecular flexibility index (Phi) is 12.2. The van der Waals surface area contributed by atoms with Crippen LogP contribution in [0.25, 0.3) is 0 Å². The fourth-order valence-corrected chi connectivity index (χ4v) is 3.26. The first-order valence-electron chi connectivity index (χ1n) is 7.94. The molecule has 0 saturated heterocycles. The molecule has 2 aromatic rings. The van der Waals surface area contributed by atoms with Gasteiger partial charge < -0.3 is 11.1 Å². The van der Waals surface area contributed by atoms with Gasteiger partial charge in [-0.1, -0.05) is 14.9 Å². The molecule has 0 atom stereocenters. The molecule has 14 heteroatoms. The van der Waals surface area contributed by atoms with Crippen LogP contribution in [0.2, 0.25) is 0 Å². The van der Waals surface area contributed by atoms with Crippen LogP contribution in [-0.2, 0) is 24.8 Å². The van der Waals surface area contributed by atoms with E-state index in [1.165, 1.54) is 26.2 Å². The maximum Gasteiger partial charge on any atom is 0.471 e. The van der Waals surface area contributed by atoms with Gasteiger partial charge in [-0.2, -0.15) is 13.2 Å². The molecule has 0 unspecified atom stereocenters. The molecule has 0 bridgehead atoms. The van der Waals surface area contributed by atoms with Crippen LogP contribution in [0.4, 0.5) is 24.5 Å². The van der Waals surface area contributed by atoms with E-state index in [9.17, 15) is 34.8 Å². The average molecular weight is 501 g/mol. The summed E-state index contributed by atoms with van der Waals surface area (Å²) in [5, 5.41) is 1.60. The lowest BCUT2D eigenvalue weighted by Crippen LogP contribution is -2.29. The zero-order chi connectivity index (χ0) is 23.2. The number of sulfonamides is 2. The molecule has 5 N–H and O–H groups in total. The predicted molar refractivity (Wildman–Crippen MR) is 118 cm³/mol. The molecule has 0 fully saturated rings. The van der Waals surface area contributed by atoms with Crippen molar-refractivity contribution < 1.29 is 34.8 Å². The maximum absolute atomic E-state index is 11.9. The third-order valence-electron chi connectivity index (χ3n) is 3.41. The van der Waals surface area contributed by atoms with E-state index in [-0.39, 0.29) is 30.3 Å². The van der Waals surface area contributed by atoms with Crippen molar-refractivity contribution in [3.8, 4) is 0 Å². The van der Waals surface area contributed by atoms with Gasteiger partial charge in [0.25, 0.3) is 0 Å². The van der Waals surface area contributed by atoms with Gasteiger partial charge in [0.1, 0.15) is 0 Å². The van der Waals surface area contributed by atoms with Crippen LogP contribution in [0.3, 0.4) is 0 Å². The number of anilines is 2. The summed E-state index contributed by atoms with van der Waals surface area (Å²) in [4.78, 5) is 10.7. The number of hydrogen-bond acceptors (Lipinski definition) is 6. The lowest BCUT2D eigenvalue weighted by Gasteiger charge is -2.08. The van der Waals surface area contributed by atoms with Gasteiger partial charge >= 0.3 is 12.1 Å². The maximum atomic E-state index is 11.9. The summed E-state index contributed by atoms with van der Waals surface area (Å²) in [5.74, 6) is -2.12. The van der Waals surface area contributed by atoms with Crippen LogP contribution in [0.5, 0.6) is 0 Å². The van der Waals surface area contributed by atoms with Crippen molar-refractivity contribution >= 4 is 37.3 Å². The van der Waals surface area contributed by atoms with E-state index in [2.05, 4.69) is 4.72 Å². The summed E-state index contributed by atoms with van der Waals surface area (Å²) >= 11 is 0. The van der Waals surface area contributed by atoms with Gasteiger partial charge in [0.2, 0.25) is 20.0 Å². The molecule has 0 heterocycles. The molecule has 0 aliphatic heterocycles. The van der Waals surface area contributed by atoms with Crippen LogP contribution >= 0.6 is 0 Å². The predicted octanol–water partition coefficient (Wildman–Crippen LogP) is 2.54. The van der Waals surface area contributed by atoms with Crippen molar-refractivity contribution in [3.05, 3.63) is 48.5 Å². The van der Waals surface area contributed by atoms with E-state index in [0.29, 0.717) is 5.69 Å². The second-order valence-corrected chi connectivity index (χ2v) is 9.23. The highest BCUT2D eigenvalue weighted by Crippen LogP contribution is 2.19. The Morgan fingerprint density at radius 2 is 1.12 bits per heavy atom. The van der Waals surface area contributed by atoms with Crippen molar-refractivity contribution in [1.29, 1.82) is 0 Å².